The highest BCUT2D eigenvalue weighted by atomic mass is 16.4. The fraction of sp³-hybridized carbons (Fsp3) is 0.571. The Balaban J connectivity index is 1.72. The topological polar surface area (TPSA) is 114 Å². The largest absolute Gasteiger partial charge is 0.481 e. The van der Waals surface area contributed by atoms with E-state index in [0.717, 1.165) is 12.8 Å². The summed E-state index contributed by atoms with van der Waals surface area (Å²) < 4.78 is 1.19. The molecule has 1 amide bonds. The second-order valence-electron chi connectivity index (χ2n) is 8.30. The summed E-state index contributed by atoms with van der Waals surface area (Å²) in [7, 11) is 0. The van der Waals surface area contributed by atoms with Crippen molar-refractivity contribution in [3.8, 4) is 0 Å². The first-order valence-electron chi connectivity index (χ1n) is 10.2. The number of aliphatic carboxylic acids is 1. The van der Waals surface area contributed by atoms with E-state index in [4.69, 9.17) is 5.11 Å². The molecule has 2 aromatic rings. The number of carboxylic acid groups (broad SMARTS) is 1. The van der Waals surface area contributed by atoms with Crippen LogP contribution in [0.25, 0.3) is 10.9 Å². The number of nitrogens with zero attached hydrogens (tertiary/aromatic N) is 3. The summed E-state index contributed by atoms with van der Waals surface area (Å²) >= 11 is 0. The van der Waals surface area contributed by atoms with E-state index < -0.39 is 12.0 Å². The number of carbonyl (C=O) groups excluding carboxylic acids is 1. The lowest BCUT2D eigenvalue weighted by Crippen LogP contribution is -2.41. The van der Waals surface area contributed by atoms with Crippen molar-refractivity contribution in [2.45, 2.75) is 52.0 Å². The lowest BCUT2D eigenvalue weighted by molar-refractivity contribution is -0.143. The number of carboxylic acids is 1. The number of benzene rings is 1. The van der Waals surface area contributed by atoms with E-state index in [0.29, 0.717) is 36.7 Å². The minimum absolute atomic E-state index is 0.192. The molecule has 1 aliphatic carbocycles. The molecule has 1 saturated carbocycles. The highest BCUT2D eigenvalue weighted by Crippen LogP contribution is 2.28. The number of hydrogen-bond donors (Lipinski definition) is 2. The summed E-state index contributed by atoms with van der Waals surface area (Å²) in [6, 6.07) is 6.24. The van der Waals surface area contributed by atoms with Crippen LogP contribution in [0.15, 0.2) is 29.1 Å². The zero-order chi connectivity index (χ0) is 21.0. The van der Waals surface area contributed by atoms with Crippen molar-refractivity contribution in [2.75, 3.05) is 6.54 Å². The van der Waals surface area contributed by atoms with Crippen LogP contribution in [0.5, 0.6) is 0 Å². The summed E-state index contributed by atoms with van der Waals surface area (Å²) in [5, 5.41) is 20.7. The van der Waals surface area contributed by atoms with Crippen molar-refractivity contribution in [3.05, 3.63) is 34.6 Å². The molecule has 1 aliphatic rings. The van der Waals surface area contributed by atoms with E-state index >= 15 is 0 Å². The van der Waals surface area contributed by atoms with Crippen LogP contribution in [0.4, 0.5) is 0 Å². The molecule has 156 valence electrons. The van der Waals surface area contributed by atoms with Crippen molar-refractivity contribution in [3.63, 3.8) is 0 Å². The summed E-state index contributed by atoms with van der Waals surface area (Å²) in [5.41, 5.74) is 0.186. The minimum Gasteiger partial charge on any atom is -0.481 e. The third-order valence-electron chi connectivity index (χ3n) is 5.64. The summed E-state index contributed by atoms with van der Waals surface area (Å²) in [6.07, 6.45) is 3.32. The summed E-state index contributed by atoms with van der Waals surface area (Å²) in [4.78, 5) is 36.9. The number of amides is 1. The van der Waals surface area contributed by atoms with Gasteiger partial charge >= 0.3 is 5.97 Å². The van der Waals surface area contributed by atoms with Crippen molar-refractivity contribution in [2.24, 2.45) is 17.8 Å². The maximum absolute atomic E-state index is 12.9. The monoisotopic (exact) mass is 400 g/mol. The molecule has 2 N–H and O–H groups in total. The Morgan fingerprint density at radius 2 is 1.90 bits per heavy atom. The molecule has 1 unspecified atom stereocenters. The Hall–Kier alpha value is -2.77. The molecule has 0 aliphatic heterocycles. The van der Waals surface area contributed by atoms with Gasteiger partial charge in [0.15, 0.2) is 0 Å². The molecule has 1 aromatic heterocycles. The van der Waals surface area contributed by atoms with Gasteiger partial charge in [0.25, 0.3) is 5.56 Å². The van der Waals surface area contributed by atoms with Crippen LogP contribution in [0.3, 0.4) is 0 Å². The second kappa shape index (κ2) is 9.15. The van der Waals surface area contributed by atoms with Crippen LogP contribution in [0.1, 0.15) is 52.0 Å². The van der Waals surface area contributed by atoms with Gasteiger partial charge in [-0.25, -0.2) is 0 Å². The van der Waals surface area contributed by atoms with Crippen molar-refractivity contribution < 1.29 is 14.7 Å². The lowest BCUT2D eigenvalue weighted by Gasteiger charge is -2.27. The van der Waals surface area contributed by atoms with E-state index in [1.54, 1.807) is 24.3 Å². The van der Waals surface area contributed by atoms with Gasteiger partial charge in [-0.2, -0.15) is 4.68 Å². The minimum atomic E-state index is -0.737. The molecule has 0 bridgehead atoms. The SMILES string of the molecule is CC(C)CC(C(=O)NCC1CCC(C(=O)O)CC1)n1nnc2ccccc2c1=O. The molecule has 0 saturated heterocycles. The van der Waals surface area contributed by atoms with E-state index in [9.17, 15) is 14.4 Å². The standard InChI is InChI=1S/C21H28N4O4/c1-13(2)11-18(25-20(27)16-5-3-4-6-17(16)23-24-25)19(26)22-12-14-7-9-15(10-8-14)21(28)29/h3-6,13-15,18H,7-12H2,1-2H3,(H,22,26)(H,28,29). The van der Waals surface area contributed by atoms with Gasteiger partial charge in [0.05, 0.1) is 11.3 Å². The molecule has 0 spiro atoms. The van der Waals surface area contributed by atoms with Gasteiger partial charge in [0.2, 0.25) is 5.91 Å². The van der Waals surface area contributed by atoms with Crippen LogP contribution in [-0.4, -0.2) is 38.5 Å². The van der Waals surface area contributed by atoms with E-state index in [-0.39, 0.29) is 29.2 Å². The van der Waals surface area contributed by atoms with Crippen LogP contribution in [0.2, 0.25) is 0 Å². The van der Waals surface area contributed by atoms with Gasteiger partial charge in [0.1, 0.15) is 11.6 Å². The molecule has 1 fully saturated rings. The number of fused-ring (bicyclic) bond motifs is 1. The number of nitrogens with one attached hydrogen (secondary N) is 1. The Bertz CT molecular complexity index is 932. The Kier molecular flexibility index (Phi) is 6.61. The molecular formula is C21H28N4O4. The van der Waals surface area contributed by atoms with Gasteiger partial charge in [-0.1, -0.05) is 31.2 Å². The van der Waals surface area contributed by atoms with Crippen LogP contribution >= 0.6 is 0 Å². The smallest absolute Gasteiger partial charge is 0.306 e. The average molecular weight is 400 g/mol. The Morgan fingerprint density at radius 1 is 1.21 bits per heavy atom. The zero-order valence-electron chi connectivity index (χ0n) is 16.9. The maximum atomic E-state index is 12.9. The van der Waals surface area contributed by atoms with Gasteiger partial charge in [-0.05, 0) is 56.1 Å². The number of carbonyl (C=O) groups is 2. The van der Waals surface area contributed by atoms with Crippen molar-refractivity contribution in [1.29, 1.82) is 0 Å². The lowest BCUT2D eigenvalue weighted by atomic mass is 9.82. The first-order chi connectivity index (χ1) is 13.9. The fourth-order valence-corrected chi connectivity index (χ4v) is 3.95. The van der Waals surface area contributed by atoms with Crippen LogP contribution in [0, 0.1) is 17.8 Å². The second-order valence-corrected chi connectivity index (χ2v) is 8.30. The molecule has 8 heteroatoms. The van der Waals surface area contributed by atoms with E-state index in [1.165, 1.54) is 4.68 Å². The maximum Gasteiger partial charge on any atom is 0.306 e. The molecule has 1 heterocycles. The molecule has 8 nitrogen and oxygen atoms in total. The third-order valence-corrected chi connectivity index (χ3v) is 5.64. The number of hydrogen-bond acceptors (Lipinski definition) is 5. The molecular weight excluding hydrogens is 372 g/mol. The predicted octanol–water partition coefficient (Wildman–Crippen LogP) is 2.39. The molecule has 3 rings (SSSR count). The Morgan fingerprint density at radius 3 is 2.55 bits per heavy atom. The molecule has 0 radical (unpaired) electrons. The average Bonchev–Trinajstić information content (AvgIpc) is 2.71. The third kappa shape index (κ3) is 4.99. The number of aromatic nitrogens is 3. The highest BCUT2D eigenvalue weighted by molar-refractivity contribution is 5.81. The van der Waals surface area contributed by atoms with Crippen molar-refractivity contribution in [1.82, 2.24) is 20.3 Å². The molecule has 1 atom stereocenters. The van der Waals surface area contributed by atoms with E-state index in [2.05, 4.69) is 15.6 Å². The summed E-state index contributed by atoms with van der Waals surface area (Å²) in [6.45, 7) is 4.47. The van der Waals surface area contributed by atoms with E-state index in [1.807, 2.05) is 13.8 Å². The van der Waals surface area contributed by atoms with Gasteiger partial charge in [0, 0.05) is 6.54 Å². The van der Waals surface area contributed by atoms with Crippen molar-refractivity contribution >= 4 is 22.8 Å². The first kappa shape index (κ1) is 21.0. The molecule has 1 aromatic carbocycles. The predicted molar refractivity (Wildman–Crippen MR) is 108 cm³/mol. The first-order valence-corrected chi connectivity index (χ1v) is 10.2. The quantitative estimate of drug-likeness (QED) is 0.738. The van der Waals surface area contributed by atoms with Crippen LogP contribution in [-0.2, 0) is 9.59 Å². The Labute approximate surface area is 169 Å². The normalized spacial score (nSPS) is 20.5. The highest BCUT2D eigenvalue weighted by Gasteiger charge is 2.28. The van der Waals surface area contributed by atoms with Crippen LogP contribution < -0.4 is 10.9 Å². The number of rotatable bonds is 7. The summed E-state index contributed by atoms with van der Waals surface area (Å²) in [5.74, 6) is -0.808. The zero-order valence-corrected chi connectivity index (χ0v) is 16.9. The van der Waals surface area contributed by atoms with Gasteiger partial charge < -0.3 is 10.4 Å². The molecule has 29 heavy (non-hydrogen) atoms. The van der Waals surface area contributed by atoms with Gasteiger partial charge in [-0.15, -0.1) is 5.10 Å². The fourth-order valence-electron chi connectivity index (χ4n) is 3.95. The van der Waals surface area contributed by atoms with Gasteiger partial charge in [-0.3, -0.25) is 14.4 Å².